The maximum Gasteiger partial charge on any atom is 0.229 e. The highest BCUT2D eigenvalue weighted by Gasteiger charge is 2.29. The van der Waals surface area contributed by atoms with Crippen molar-refractivity contribution in [2.75, 3.05) is 17.5 Å². The molecule has 1 aromatic heterocycles. The Morgan fingerprint density at radius 1 is 1.12 bits per heavy atom. The van der Waals surface area contributed by atoms with Crippen molar-refractivity contribution in [1.82, 2.24) is 9.47 Å². The molecule has 0 aliphatic carbocycles. The van der Waals surface area contributed by atoms with Gasteiger partial charge in [-0.15, -0.1) is 0 Å². The average molecular weight is 454 g/mol. The Morgan fingerprint density at radius 2 is 1.88 bits per heavy atom. The van der Waals surface area contributed by atoms with Crippen LogP contribution in [0.15, 0.2) is 54.6 Å². The summed E-state index contributed by atoms with van der Waals surface area (Å²) in [6.45, 7) is 3.87. The van der Waals surface area contributed by atoms with E-state index in [0.29, 0.717) is 11.3 Å². The number of carbonyl (C=O) groups is 1. The van der Waals surface area contributed by atoms with E-state index in [1.54, 1.807) is 12.1 Å². The van der Waals surface area contributed by atoms with Gasteiger partial charge in [-0.3, -0.25) is 9.52 Å². The largest absolute Gasteiger partial charge is 0.345 e. The van der Waals surface area contributed by atoms with E-state index in [-0.39, 0.29) is 18.4 Å². The molecule has 2 heterocycles. The van der Waals surface area contributed by atoms with Crippen molar-refractivity contribution >= 4 is 32.5 Å². The van der Waals surface area contributed by atoms with E-state index in [2.05, 4.69) is 46.5 Å². The van der Waals surface area contributed by atoms with Gasteiger partial charge in [0.15, 0.2) is 0 Å². The van der Waals surface area contributed by atoms with Crippen molar-refractivity contribution < 1.29 is 13.2 Å². The number of amides is 1. The van der Waals surface area contributed by atoms with Gasteiger partial charge in [-0.05, 0) is 61.8 Å². The van der Waals surface area contributed by atoms with Gasteiger partial charge < -0.3 is 9.47 Å². The molecule has 1 aliphatic heterocycles. The number of nitrogens with one attached hydrogen (secondary N) is 1. The number of para-hydroxylation sites is 2. The van der Waals surface area contributed by atoms with Gasteiger partial charge in [-0.1, -0.05) is 36.4 Å². The van der Waals surface area contributed by atoms with Gasteiger partial charge in [0.2, 0.25) is 15.9 Å². The number of aromatic nitrogens is 1. The van der Waals surface area contributed by atoms with Crippen LogP contribution in [-0.2, 0) is 34.2 Å². The van der Waals surface area contributed by atoms with Crippen molar-refractivity contribution in [2.45, 2.75) is 51.6 Å². The fourth-order valence-electron chi connectivity index (χ4n) is 4.86. The van der Waals surface area contributed by atoms with E-state index in [4.69, 9.17) is 0 Å². The molecule has 0 unspecified atom stereocenters. The first kappa shape index (κ1) is 22.4. The molecule has 0 bridgehead atoms. The van der Waals surface area contributed by atoms with Crippen molar-refractivity contribution in [3.05, 3.63) is 65.9 Å². The third-order valence-corrected chi connectivity index (χ3v) is 6.89. The smallest absolute Gasteiger partial charge is 0.229 e. The number of benzene rings is 2. The summed E-state index contributed by atoms with van der Waals surface area (Å²) < 4.78 is 28.2. The minimum absolute atomic E-state index is 0.0614. The zero-order valence-electron chi connectivity index (χ0n) is 18.8. The van der Waals surface area contributed by atoms with Gasteiger partial charge in [0, 0.05) is 30.3 Å². The summed E-state index contributed by atoms with van der Waals surface area (Å²) in [6, 6.07) is 18.1. The third kappa shape index (κ3) is 4.99. The van der Waals surface area contributed by atoms with E-state index in [0.717, 1.165) is 45.0 Å². The molecule has 7 heteroatoms. The first-order chi connectivity index (χ1) is 15.4. The zero-order chi connectivity index (χ0) is 22.7. The van der Waals surface area contributed by atoms with Gasteiger partial charge in [-0.25, -0.2) is 8.42 Å². The van der Waals surface area contributed by atoms with Crippen LogP contribution in [0.25, 0.3) is 10.9 Å². The molecule has 3 aromatic rings. The molecule has 0 spiro atoms. The molecule has 1 saturated heterocycles. The molecule has 1 aliphatic rings. The lowest BCUT2D eigenvalue weighted by molar-refractivity contribution is -0.131. The molecule has 1 atom stereocenters. The fourth-order valence-corrected chi connectivity index (χ4v) is 5.46. The van der Waals surface area contributed by atoms with E-state index in [1.807, 2.05) is 17.0 Å². The molecule has 2 aromatic carbocycles. The Bertz CT molecular complexity index is 1220. The Kier molecular flexibility index (Phi) is 6.55. The van der Waals surface area contributed by atoms with Crippen LogP contribution in [0.5, 0.6) is 0 Å². The quantitative estimate of drug-likeness (QED) is 0.556. The zero-order valence-corrected chi connectivity index (χ0v) is 19.6. The molecule has 1 amide bonds. The number of nitrogens with zero attached hydrogens (tertiary/aromatic N) is 2. The number of aryl methyl sites for hydroxylation is 2. The number of hydrogen-bond acceptors (Lipinski definition) is 3. The molecule has 6 nitrogen and oxygen atoms in total. The second-order valence-corrected chi connectivity index (χ2v) is 10.3. The first-order valence-corrected chi connectivity index (χ1v) is 13.2. The van der Waals surface area contributed by atoms with Crippen LogP contribution in [0.2, 0.25) is 0 Å². The number of fused-ring (bicyclic) bond motifs is 1. The maximum absolute atomic E-state index is 13.2. The van der Waals surface area contributed by atoms with Crippen LogP contribution in [0, 0.1) is 0 Å². The van der Waals surface area contributed by atoms with Crippen molar-refractivity contribution in [3.63, 3.8) is 0 Å². The summed E-state index contributed by atoms with van der Waals surface area (Å²) in [4.78, 5) is 15.2. The van der Waals surface area contributed by atoms with Gasteiger partial charge in [0.1, 0.15) is 0 Å². The normalized spacial score (nSPS) is 16.6. The standard InChI is InChI=1S/C25H31N3O3S/c1-3-27-22(17-20-10-5-7-13-24(20)27)15-14-21-11-8-16-28(21)25(29)18-19-9-4-6-12-23(19)26-32(2,30)31/h4-7,9-10,12-13,17,21,26H,3,8,11,14-16,18H2,1-2H3/t21-/m0/s1. The van der Waals surface area contributed by atoms with Crippen LogP contribution in [0.3, 0.4) is 0 Å². The Hall–Kier alpha value is -2.80. The number of sulfonamides is 1. The Morgan fingerprint density at radius 3 is 2.66 bits per heavy atom. The van der Waals surface area contributed by atoms with Crippen LogP contribution >= 0.6 is 0 Å². The number of rotatable bonds is 8. The van der Waals surface area contributed by atoms with E-state index < -0.39 is 10.0 Å². The fraction of sp³-hybridized carbons (Fsp3) is 0.400. The highest BCUT2D eigenvalue weighted by atomic mass is 32.2. The molecule has 4 rings (SSSR count). The van der Waals surface area contributed by atoms with E-state index in [9.17, 15) is 13.2 Å². The molecular formula is C25H31N3O3S. The summed E-state index contributed by atoms with van der Waals surface area (Å²) in [5.74, 6) is 0.0614. The predicted molar refractivity (Wildman–Crippen MR) is 129 cm³/mol. The molecule has 170 valence electrons. The second-order valence-electron chi connectivity index (χ2n) is 8.57. The molecule has 1 N–H and O–H groups in total. The lowest BCUT2D eigenvalue weighted by Crippen LogP contribution is -2.37. The summed E-state index contributed by atoms with van der Waals surface area (Å²) in [7, 11) is -3.40. The number of carbonyl (C=O) groups excluding carboxylic acids is 1. The van der Waals surface area contributed by atoms with Crippen LogP contribution < -0.4 is 4.72 Å². The van der Waals surface area contributed by atoms with Crippen molar-refractivity contribution in [1.29, 1.82) is 0 Å². The third-order valence-electron chi connectivity index (χ3n) is 6.30. The highest BCUT2D eigenvalue weighted by molar-refractivity contribution is 7.92. The van der Waals surface area contributed by atoms with Crippen molar-refractivity contribution in [2.24, 2.45) is 0 Å². The first-order valence-electron chi connectivity index (χ1n) is 11.3. The molecule has 1 fully saturated rings. The number of likely N-dealkylation sites (tertiary alicyclic amines) is 1. The van der Waals surface area contributed by atoms with Crippen LogP contribution in [0.4, 0.5) is 5.69 Å². The molecule has 0 radical (unpaired) electrons. The van der Waals surface area contributed by atoms with E-state index >= 15 is 0 Å². The van der Waals surface area contributed by atoms with Crippen LogP contribution in [-0.4, -0.2) is 42.6 Å². The lowest BCUT2D eigenvalue weighted by Gasteiger charge is -2.25. The minimum Gasteiger partial charge on any atom is -0.345 e. The van der Waals surface area contributed by atoms with Crippen molar-refractivity contribution in [3.8, 4) is 0 Å². The summed E-state index contributed by atoms with van der Waals surface area (Å²) in [6.07, 6.45) is 5.22. The SMILES string of the molecule is CCn1c(CC[C@@H]2CCCN2C(=O)Cc2ccccc2NS(C)(=O)=O)cc2ccccc21. The highest BCUT2D eigenvalue weighted by Crippen LogP contribution is 2.27. The second kappa shape index (κ2) is 9.36. The van der Waals surface area contributed by atoms with Gasteiger partial charge in [0.25, 0.3) is 0 Å². The topological polar surface area (TPSA) is 71.4 Å². The summed E-state index contributed by atoms with van der Waals surface area (Å²) in [5.41, 5.74) is 3.77. The number of hydrogen-bond donors (Lipinski definition) is 1. The van der Waals surface area contributed by atoms with E-state index in [1.165, 1.54) is 16.6 Å². The predicted octanol–water partition coefficient (Wildman–Crippen LogP) is 4.20. The average Bonchev–Trinajstić information content (AvgIpc) is 3.36. The monoisotopic (exact) mass is 453 g/mol. The lowest BCUT2D eigenvalue weighted by atomic mass is 10.1. The van der Waals surface area contributed by atoms with Gasteiger partial charge >= 0.3 is 0 Å². The molecule has 0 saturated carbocycles. The summed E-state index contributed by atoms with van der Waals surface area (Å²) >= 11 is 0. The van der Waals surface area contributed by atoms with Crippen LogP contribution in [0.1, 0.15) is 37.4 Å². The maximum atomic E-state index is 13.2. The van der Waals surface area contributed by atoms with Gasteiger partial charge in [0.05, 0.1) is 18.4 Å². The minimum atomic E-state index is -3.40. The number of anilines is 1. The van der Waals surface area contributed by atoms with Gasteiger partial charge in [-0.2, -0.15) is 0 Å². The Balaban J connectivity index is 1.45. The summed E-state index contributed by atoms with van der Waals surface area (Å²) in [5, 5.41) is 1.26. The molecular weight excluding hydrogens is 422 g/mol. The molecule has 32 heavy (non-hydrogen) atoms. The Labute approximate surface area is 190 Å².